The fraction of sp³-hybridized carbons (Fsp3) is 0.167. The minimum Gasteiger partial charge on any atom is -0.382 e. The van der Waals surface area contributed by atoms with E-state index >= 15 is 0 Å². The lowest BCUT2D eigenvalue weighted by Crippen LogP contribution is -2.24. The Morgan fingerprint density at radius 1 is 1.24 bits per heavy atom. The third-order valence-corrected chi connectivity index (χ3v) is 3.28. The van der Waals surface area contributed by atoms with Gasteiger partial charge in [0.2, 0.25) is 0 Å². The van der Waals surface area contributed by atoms with Crippen LogP contribution >= 0.6 is 15.9 Å². The molecule has 2 N–H and O–H groups in total. The van der Waals surface area contributed by atoms with E-state index in [1.807, 2.05) is 18.2 Å². The predicted molar refractivity (Wildman–Crippen MR) is 70.3 cm³/mol. The summed E-state index contributed by atoms with van der Waals surface area (Å²) in [4.78, 5) is 16.1. The van der Waals surface area contributed by atoms with Gasteiger partial charge in [0.25, 0.3) is 5.91 Å². The second-order valence-corrected chi connectivity index (χ2v) is 4.81. The van der Waals surface area contributed by atoms with Crippen LogP contribution in [0.4, 0.5) is 5.69 Å². The van der Waals surface area contributed by atoms with Crippen molar-refractivity contribution in [3.05, 3.63) is 34.4 Å². The molecule has 17 heavy (non-hydrogen) atoms. The lowest BCUT2D eigenvalue weighted by molar-refractivity contribution is 0.0958. The molecule has 0 saturated carbocycles. The summed E-state index contributed by atoms with van der Waals surface area (Å²) in [6.07, 6.45) is 1.62. The van der Waals surface area contributed by atoms with Crippen molar-refractivity contribution in [3.8, 4) is 0 Å². The molecule has 86 valence electrons. The highest BCUT2D eigenvalue weighted by Crippen LogP contribution is 2.28. The van der Waals surface area contributed by atoms with Crippen LogP contribution in [0, 0.1) is 0 Å². The molecule has 0 unspecified atom stereocenters. The second-order valence-electron chi connectivity index (χ2n) is 3.89. The molecule has 4 nitrogen and oxygen atoms in total. The van der Waals surface area contributed by atoms with Crippen LogP contribution < -0.4 is 10.6 Å². The van der Waals surface area contributed by atoms with Gasteiger partial charge in [-0.05, 0) is 18.2 Å². The van der Waals surface area contributed by atoms with Crippen LogP contribution in [0.25, 0.3) is 10.9 Å². The molecule has 1 aliphatic rings. The molecule has 0 bridgehead atoms. The van der Waals surface area contributed by atoms with Gasteiger partial charge in [0.15, 0.2) is 0 Å². The van der Waals surface area contributed by atoms with E-state index in [0.29, 0.717) is 12.1 Å². The Balaban J connectivity index is 2.31. The lowest BCUT2D eigenvalue weighted by Gasteiger charge is -2.09. The van der Waals surface area contributed by atoms with E-state index in [1.54, 1.807) is 6.20 Å². The number of benzene rings is 1. The van der Waals surface area contributed by atoms with Crippen molar-refractivity contribution >= 4 is 38.4 Å². The molecule has 0 aliphatic carbocycles. The van der Waals surface area contributed by atoms with Gasteiger partial charge in [-0.1, -0.05) is 15.9 Å². The summed E-state index contributed by atoms with van der Waals surface area (Å²) >= 11 is 3.42. The number of carbonyl (C=O) groups is 1. The van der Waals surface area contributed by atoms with Gasteiger partial charge in [0, 0.05) is 29.1 Å². The maximum Gasteiger partial charge on any atom is 0.255 e. The number of carbonyl (C=O) groups excluding carboxylic acids is 1. The highest BCUT2D eigenvalue weighted by atomic mass is 79.9. The van der Waals surface area contributed by atoms with E-state index in [2.05, 4.69) is 31.5 Å². The zero-order valence-electron chi connectivity index (χ0n) is 8.96. The molecule has 0 fully saturated rings. The van der Waals surface area contributed by atoms with Crippen LogP contribution in [0.3, 0.4) is 0 Å². The number of nitrogens with one attached hydrogen (secondary N) is 2. The van der Waals surface area contributed by atoms with Gasteiger partial charge >= 0.3 is 0 Å². The number of halogens is 1. The van der Waals surface area contributed by atoms with Crippen LogP contribution in [0.5, 0.6) is 0 Å². The molecule has 2 heterocycles. The summed E-state index contributed by atoms with van der Waals surface area (Å²) in [6.45, 7) is 1.36. The van der Waals surface area contributed by atoms with E-state index in [1.165, 1.54) is 0 Å². The molecule has 0 spiro atoms. The molecule has 3 rings (SSSR count). The van der Waals surface area contributed by atoms with E-state index in [4.69, 9.17) is 0 Å². The number of rotatable bonds is 0. The number of hydrogen-bond acceptors (Lipinski definition) is 3. The minimum absolute atomic E-state index is 0.0673. The van der Waals surface area contributed by atoms with Crippen LogP contribution in [-0.2, 0) is 0 Å². The maximum atomic E-state index is 11.8. The van der Waals surface area contributed by atoms with Crippen molar-refractivity contribution in [2.75, 3.05) is 18.4 Å². The molecular formula is C12H10BrN3O. The van der Waals surface area contributed by atoms with Crippen LogP contribution in [-0.4, -0.2) is 24.0 Å². The summed E-state index contributed by atoms with van der Waals surface area (Å²) in [5.74, 6) is -0.0673. The average Bonchev–Trinajstić information content (AvgIpc) is 2.51. The highest BCUT2D eigenvalue weighted by Gasteiger charge is 2.17. The smallest absolute Gasteiger partial charge is 0.255 e. The van der Waals surface area contributed by atoms with Crippen molar-refractivity contribution < 1.29 is 4.79 Å². The largest absolute Gasteiger partial charge is 0.382 e. The first kappa shape index (κ1) is 10.5. The normalized spacial score (nSPS) is 14.8. The number of fused-ring (bicyclic) bond motifs is 3. The molecule has 1 aromatic heterocycles. The Hall–Kier alpha value is -1.62. The fourth-order valence-corrected chi connectivity index (χ4v) is 2.34. The van der Waals surface area contributed by atoms with Crippen molar-refractivity contribution in [2.45, 2.75) is 0 Å². The van der Waals surface area contributed by atoms with Crippen molar-refractivity contribution in [3.63, 3.8) is 0 Å². The van der Waals surface area contributed by atoms with Gasteiger partial charge in [0.05, 0.1) is 16.8 Å². The molecule has 0 atom stereocenters. The molecule has 0 radical (unpaired) electrons. The van der Waals surface area contributed by atoms with E-state index in [9.17, 15) is 4.79 Å². The minimum atomic E-state index is -0.0673. The quantitative estimate of drug-likeness (QED) is 0.782. The van der Waals surface area contributed by atoms with Gasteiger partial charge in [0.1, 0.15) is 0 Å². The number of nitrogens with zero attached hydrogens (tertiary/aromatic N) is 1. The SMILES string of the molecule is O=C1NCCNc2c1cnc1cc(Br)ccc21. The summed E-state index contributed by atoms with van der Waals surface area (Å²) in [5, 5.41) is 7.08. The van der Waals surface area contributed by atoms with Crippen LogP contribution in [0.1, 0.15) is 10.4 Å². The summed E-state index contributed by atoms with van der Waals surface area (Å²) in [7, 11) is 0. The second kappa shape index (κ2) is 4.00. The van der Waals surface area contributed by atoms with E-state index in [0.717, 1.165) is 27.6 Å². The molecule has 1 aliphatic heterocycles. The number of aromatic nitrogens is 1. The lowest BCUT2D eigenvalue weighted by atomic mass is 10.1. The van der Waals surface area contributed by atoms with Crippen molar-refractivity contribution in [1.29, 1.82) is 0 Å². The van der Waals surface area contributed by atoms with Gasteiger partial charge in [-0.3, -0.25) is 9.78 Å². The van der Waals surface area contributed by atoms with Gasteiger partial charge in [-0.15, -0.1) is 0 Å². The summed E-state index contributed by atoms with van der Waals surface area (Å²) < 4.78 is 0.982. The first-order chi connectivity index (χ1) is 8.25. The Labute approximate surface area is 107 Å². The molecule has 1 aromatic carbocycles. The number of pyridine rings is 1. The Morgan fingerprint density at radius 3 is 2.94 bits per heavy atom. The molecule has 0 saturated heterocycles. The number of hydrogen-bond donors (Lipinski definition) is 2. The topological polar surface area (TPSA) is 54.0 Å². The molecule has 2 aromatic rings. The maximum absolute atomic E-state index is 11.8. The Bertz CT molecular complexity index is 612. The predicted octanol–water partition coefficient (Wildman–Crippen LogP) is 2.15. The molecule has 5 heteroatoms. The first-order valence-electron chi connectivity index (χ1n) is 5.36. The first-order valence-corrected chi connectivity index (χ1v) is 6.15. The van der Waals surface area contributed by atoms with Crippen LogP contribution in [0.2, 0.25) is 0 Å². The third-order valence-electron chi connectivity index (χ3n) is 2.79. The van der Waals surface area contributed by atoms with Crippen LogP contribution in [0.15, 0.2) is 28.9 Å². The van der Waals surface area contributed by atoms with Gasteiger partial charge in [-0.2, -0.15) is 0 Å². The van der Waals surface area contributed by atoms with E-state index in [-0.39, 0.29) is 5.91 Å². The highest BCUT2D eigenvalue weighted by molar-refractivity contribution is 9.10. The standard InChI is InChI=1S/C12H10BrN3O/c13-7-1-2-8-10(5-7)16-6-9-11(8)14-3-4-15-12(9)17/h1-2,5-6,14H,3-4H2,(H,15,17). The number of amides is 1. The monoisotopic (exact) mass is 291 g/mol. The fourth-order valence-electron chi connectivity index (χ4n) is 1.99. The third kappa shape index (κ3) is 1.76. The van der Waals surface area contributed by atoms with Crippen molar-refractivity contribution in [1.82, 2.24) is 10.3 Å². The molecule has 1 amide bonds. The Morgan fingerprint density at radius 2 is 2.06 bits per heavy atom. The number of anilines is 1. The zero-order chi connectivity index (χ0) is 11.8. The molecular weight excluding hydrogens is 282 g/mol. The summed E-state index contributed by atoms with van der Waals surface area (Å²) in [6, 6.07) is 5.87. The average molecular weight is 292 g/mol. The van der Waals surface area contributed by atoms with Crippen molar-refractivity contribution in [2.24, 2.45) is 0 Å². The Kier molecular flexibility index (Phi) is 2.48. The zero-order valence-corrected chi connectivity index (χ0v) is 10.5. The summed E-state index contributed by atoms with van der Waals surface area (Å²) in [5.41, 5.74) is 2.36. The van der Waals surface area contributed by atoms with Gasteiger partial charge in [-0.25, -0.2) is 0 Å². The van der Waals surface area contributed by atoms with Gasteiger partial charge < -0.3 is 10.6 Å². The van der Waals surface area contributed by atoms with E-state index < -0.39 is 0 Å².